The average Bonchev–Trinajstić information content (AvgIpc) is 3.79. The number of hydrogen-bond acceptors (Lipinski definition) is 7. The van der Waals surface area contributed by atoms with Gasteiger partial charge in [-0.2, -0.15) is 13.2 Å². The van der Waals surface area contributed by atoms with E-state index in [0.29, 0.717) is 22.4 Å². The van der Waals surface area contributed by atoms with Crippen LogP contribution in [-0.2, 0) is 22.0 Å². The number of halogens is 4. The number of benzene rings is 2. The third kappa shape index (κ3) is 6.42. The molecular formula is C35H31F4N3O5. The van der Waals surface area contributed by atoms with Crippen LogP contribution in [0.5, 0.6) is 11.5 Å². The first-order valence-corrected chi connectivity index (χ1v) is 15.0. The highest BCUT2D eigenvalue weighted by Gasteiger charge is 2.45. The van der Waals surface area contributed by atoms with Gasteiger partial charge >= 0.3 is 6.18 Å². The van der Waals surface area contributed by atoms with E-state index in [-0.39, 0.29) is 59.7 Å². The fourth-order valence-electron chi connectivity index (χ4n) is 5.41. The number of alkyl halides is 3. The van der Waals surface area contributed by atoms with Crippen LogP contribution in [-0.4, -0.2) is 39.5 Å². The van der Waals surface area contributed by atoms with Gasteiger partial charge in [0.1, 0.15) is 46.3 Å². The van der Waals surface area contributed by atoms with E-state index in [0.717, 1.165) is 18.9 Å². The van der Waals surface area contributed by atoms with Gasteiger partial charge < -0.3 is 20.3 Å². The van der Waals surface area contributed by atoms with Crippen LogP contribution in [0.1, 0.15) is 66.8 Å². The van der Waals surface area contributed by atoms with Gasteiger partial charge in [0.2, 0.25) is 5.91 Å². The summed E-state index contributed by atoms with van der Waals surface area (Å²) >= 11 is 0. The molecule has 0 radical (unpaired) electrons. The van der Waals surface area contributed by atoms with Crippen molar-refractivity contribution >= 4 is 11.7 Å². The summed E-state index contributed by atoms with van der Waals surface area (Å²) in [4.78, 5) is 34.3. The van der Waals surface area contributed by atoms with Crippen LogP contribution in [0, 0.1) is 5.82 Å². The monoisotopic (exact) mass is 649 g/mol. The molecule has 47 heavy (non-hydrogen) atoms. The summed E-state index contributed by atoms with van der Waals surface area (Å²) in [6, 6.07) is 15.1. The zero-order valence-corrected chi connectivity index (χ0v) is 25.5. The quantitative estimate of drug-likeness (QED) is 0.148. The lowest BCUT2D eigenvalue weighted by Crippen LogP contribution is -2.40. The van der Waals surface area contributed by atoms with Crippen molar-refractivity contribution in [3.05, 3.63) is 95.1 Å². The fourth-order valence-corrected chi connectivity index (χ4v) is 5.41. The van der Waals surface area contributed by atoms with E-state index in [2.05, 4.69) is 9.97 Å². The number of ether oxygens (including phenoxy) is 2. The molecule has 3 N–H and O–H groups in total. The number of hydrogen-bond donors (Lipinski definition) is 2. The molecule has 1 amide bonds. The Bertz CT molecular complexity index is 1870. The zero-order valence-electron chi connectivity index (χ0n) is 25.5. The van der Waals surface area contributed by atoms with Crippen molar-refractivity contribution in [1.29, 1.82) is 0 Å². The van der Waals surface area contributed by atoms with Gasteiger partial charge in [0.05, 0.1) is 17.5 Å². The first-order valence-electron chi connectivity index (χ1n) is 15.0. The largest absolute Gasteiger partial charge is 0.490 e. The molecule has 1 fully saturated rings. The maximum absolute atomic E-state index is 13.7. The molecular weight excluding hydrogens is 618 g/mol. The van der Waals surface area contributed by atoms with Crippen molar-refractivity contribution in [2.75, 3.05) is 6.61 Å². The van der Waals surface area contributed by atoms with Gasteiger partial charge in [0.15, 0.2) is 5.78 Å². The second-order valence-corrected chi connectivity index (χ2v) is 12.4. The molecule has 6 rings (SSSR count). The second kappa shape index (κ2) is 11.8. The number of amides is 1. The molecule has 2 atom stereocenters. The highest BCUT2D eigenvalue weighted by molar-refractivity contribution is 5.97. The summed E-state index contributed by atoms with van der Waals surface area (Å²) in [5, 5.41) is 11.6. The summed E-state index contributed by atoms with van der Waals surface area (Å²) in [5.41, 5.74) is 3.78. The highest BCUT2D eigenvalue weighted by Crippen LogP contribution is 2.46. The number of Topliss-reactive ketones (excluding diaryl/α,β-unsaturated/α-hetero) is 1. The summed E-state index contributed by atoms with van der Waals surface area (Å²) < 4.78 is 65.6. The lowest BCUT2D eigenvalue weighted by Gasteiger charge is -2.26. The van der Waals surface area contributed by atoms with E-state index in [4.69, 9.17) is 15.2 Å². The molecule has 1 saturated carbocycles. The molecule has 244 valence electrons. The number of aromatic nitrogens is 2. The molecule has 2 aliphatic rings. The minimum Gasteiger partial charge on any atom is -0.490 e. The standard InChI is InChI=1S/C35H31F4N3O5/c1-33(32(40)44)18-46-31-24(33)17-29(42-30(31)19-6-9-21(36)10-7-19)34(2,45)15-14-26(43)20-8-13-23(27(16-20)47-22-11-12-22)25-4-3-5-28(41-25)35(37,38)39/h3-10,13,16-17,22,45H,11-12,14-15,18H2,1-2H3,(H2,40,44)/t33-,34-/m0/s1. The lowest BCUT2D eigenvalue weighted by atomic mass is 9.81. The Morgan fingerprint density at radius 2 is 1.77 bits per heavy atom. The zero-order chi connectivity index (χ0) is 33.7. The Labute approximate surface area is 267 Å². The number of carbonyl (C=O) groups excluding carboxylic acids is 2. The minimum absolute atomic E-state index is 0.0467. The smallest absolute Gasteiger partial charge is 0.433 e. The molecule has 8 nitrogen and oxygen atoms in total. The number of nitrogens with zero attached hydrogens (tertiary/aromatic N) is 2. The number of fused-ring (bicyclic) bond motifs is 1. The van der Waals surface area contributed by atoms with Gasteiger partial charge in [-0.25, -0.2) is 14.4 Å². The van der Waals surface area contributed by atoms with Crippen LogP contribution in [0.15, 0.2) is 66.7 Å². The Morgan fingerprint density at radius 3 is 2.43 bits per heavy atom. The van der Waals surface area contributed by atoms with Gasteiger partial charge in [-0.1, -0.05) is 12.1 Å². The summed E-state index contributed by atoms with van der Waals surface area (Å²) in [6.07, 6.45) is -3.38. The van der Waals surface area contributed by atoms with E-state index < -0.39 is 34.6 Å². The SMILES string of the molecule is C[C@](O)(CCC(=O)c1ccc(-c2cccc(C(F)(F)F)n2)c(OC2CC2)c1)c1cc2c(c(-c3ccc(F)cc3)n1)OC[C@]2(C)C(N)=O. The van der Waals surface area contributed by atoms with Crippen LogP contribution in [0.25, 0.3) is 22.5 Å². The molecule has 0 spiro atoms. The number of rotatable bonds is 10. The average molecular weight is 650 g/mol. The van der Waals surface area contributed by atoms with Gasteiger partial charge in [-0.3, -0.25) is 9.59 Å². The number of primary amides is 1. The Morgan fingerprint density at radius 1 is 1.04 bits per heavy atom. The first-order chi connectivity index (χ1) is 22.2. The van der Waals surface area contributed by atoms with E-state index >= 15 is 0 Å². The van der Waals surface area contributed by atoms with Crippen LogP contribution in [0.3, 0.4) is 0 Å². The van der Waals surface area contributed by atoms with E-state index in [9.17, 15) is 32.3 Å². The van der Waals surface area contributed by atoms with Gasteiger partial charge in [-0.05, 0) is 87.7 Å². The van der Waals surface area contributed by atoms with Crippen molar-refractivity contribution in [1.82, 2.24) is 9.97 Å². The predicted molar refractivity (Wildman–Crippen MR) is 163 cm³/mol. The van der Waals surface area contributed by atoms with Gasteiger partial charge in [-0.15, -0.1) is 0 Å². The molecule has 0 saturated heterocycles. The topological polar surface area (TPSA) is 125 Å². The third-order valence-corrected chi connectivity index (χ3v) is 8.56. The molecule has 0 bridgehead atoms. The number of ketones is 1. The highest BCUT2D eigenvalue weighted by atomic mass is 19.4. The second-order valence-electron chi connectivity index (χ2n) is 12.4. The summed E-state index contributed by atoms with van der Waals surface area (Å²) in [7, 11) is 0. The van der Waals surface area contributed by atoms with Crippen molar-refractivity contribution in [3.8, 4) is 34.0 Å². The molecule has 4 aromatic rings. The fraction of sp³-hybridized carbons (Fsp3) is 0.314. The molecule has 1 aliphatic carbocycles. The Hall–Kier alpha value is -4.84. The molecule has 3 heterocycles. The molecule has 12 heteroatoms. The Balaban J connectivity index is 1.29. The van der Waals surface area contributed by atoms with Crippen LogP contribution in [0.2, 0.25) is 0 Å². The maximum atomic E-state index is 13.7. The number of carbonyl (C=O) groups is 2. The number of nitrogens with two attached hydrogens (primary N) is 1. The normalized spacial score (nSPS) is 18.6. The molecule has 1 aliphatic heterocycles. The van der Waals surface area contributed by atoms with Crippen molar-refractivity contribution < 1.29 is 41.7 Å². The molecule has 2 aromatic heterocycles. The summed E-state index contributed by atoms with van der Waals surface area (Å²) in [6.45, 7) is 3.07. The summed E-state index contributed by atoms with van der Waals surface area (Å²) in [5.74, 6) is -0.903. The third-order valence-electron chi connectivity index (χ3n) is 8.56. The van der Waals surface area contributed by atoms with Crippen molar-refractivity contribution in [3.63, 3.8) is 0 Å². The van der Waals surface area contributed by atoms with Crippen LogP contribution in [0.4, 0.5) is 17.6 Å². The van der Waals surface area contributed by atoms with Crippen LogP contribution >= 0.6 is 0 Å². The number of aliphatic hydroxyl groups is 1. The maximum Gasteiger partial charge on any atom is 0.433 e. The number of pyridine rings is 2. The predicted octanol–water partition coefficient (Wildman–Crippen LogP) is 6.52. The van der Waals surface area contributed by atoms with E-state index in [1.54, 1.807) is 13.0 Å². The van der Waals surface area contributed by atoms with Gasteiger partial charge in [0, 0.05) is 28.7 Å². The molecule has 2 aromatic carbocycles. The first kappa shape index (κ1) is 32.1. The van der Waals surface area contributed by atoms with Crippen molar-refractivity contribution in [2.45, 2.75) is 62.8 Å². The van der Waals surface area contributed by atoms with Crippen LogP contribution < -0.4 is 15.2 Å². The van der Waals surface area contributed by atoms with E-state index in [1.165, 1.54) is 61.5 Å². The minimum atomic E-state index is -4.63. The van der Waals surface area contributed by atoms with Crippen molar-refractivity contribution in [2.24, 2.45) is 5.73 Å². The molecule has 0 unspecified atom stereocenters. The lowest BCUT2D eigenvalue weighted by molar-refractivity contribution is -0.141. The Kier molecular flexibility index (Phi) is 8.03. The van der Waals surface area contributed by atoms with Gasteiger partial charge in [0.25, 0.3) is 0 Å². The van der Waals surface area contributed by atoms with E-state index in [1.807, 2.05) is 0 Å².